The highest BCUT2D eigenvalue weighted by atomic mass is 16.5. The zero-order valence-electron chi connectivity index (χ0n) is 17.2. The van der Waals surface area contributed by atoms with Gasteiger partial charge in [-0.15, -0.1) is 0 Å². The molecule has 4 rings (SSSR count). The molecule has 2 aromatic heterocycles. The normalized spacial score (nSPS) is 16.6. The Morgan fingerprint density at radius 2 is 1.90 bits per heavy atom. The Morgan fingerprint density at radius 3 is 2.72 bits per heavy atom. The number of benzene rings is 1. The van der Waals surface area contributed by atoms with E-state index in [-0.39, 0.29) is 5.41 Å². The van der Waals surface area contributed by atoms with Crippen LogP contribution in [0.4, 0.5) is 11.5 Å². The van der Waals surface area contributed by atoms with E-state index in [9.17, 15) is 0 Å². The minimum Gasteiger partial charge on any atom is -0.477 e. The zero-order chi connectivity index (χ0) is 20.3. The lowest BCUT2D eigenvalue weighted by atomic mass is 9.81. The highest BCUT2D eigenvalue weighted by Gasteiger charge is 2.29. The second-order valence-electron chi connectivity index (χ2n) is 8.36. The van der Waals surface area contributed by atoms with Gasteiger partial charge in [0.15, 0.2) is 0 Å². The van der Waals surface area contributed by atoms with Crippen LogP contribution >= 0.6 is 0 Å². The first-order valence-corrected chi connectivity index (χ1v) is 10.2. The predicted octanol–water partition coefficient (Wildman–Crippen LogP) is 3.93. The van der Waals surface area contributed by atoms with Crippen molar-refractivity contribution in [3.8, 4) is 5.88 Å². The maximum atomic E-state index is 6.08. The second kappa shape index (κ2) is 8.25. The second-order valence-corrected chi connectivity index (χ2v) is 8.36. The molecule has 1 aromatic carbocycles. The van der Waals surface area contributed by atoms with Gasteiger partial charge in [-0.1, -0.05) is 19.1 Å². The summed E-state index contributed by atoms with van der Waals surface area (Å²) in [5.74, 6) is 1.24. The third-order valence-corrected chi connectivity index (χ3v) is 5.88. The van der Waals surface area contributed by atoms with Crippen LogP contribution in [-0.2, 0) is 6.54 Å². The molecule has 1 fully saturated rings. The first-order valence-electron chi connectivity index (χ1n) is 10.2. The molecule has 0 atom stereocenters. The maximum absolute atomic E-state index is 6.08. The Labute approximate surface area is 172 Å². The van der Waals surface area contributed by atoms with E-state index in [0.29, 0.717) is 24.8 Å². The van der Waals surface area contributed by atoms with Crippen molar-refractivity contribution in [2.75, 3.05) is 37.8 Å². The van der Waals surface area contributed by atoms with Gasteiger partial charge < -0.3 is 20.7 Å². The molecule has 29 heavy (non-hydrogen) atoms. The Balaban J connectivity index is 1.40. The van der Waals surface area contributed by atoms with Gasteiger partial charge in [0.2, 0.25) is 5.88 Å². The molecule has 0 amide bonds. The van der Waals surface area contributed by atoms with Crippen LogP contribution < -0.4 is 15.8 Å². The Bertz CT molecular complexity index is 982. The molecule has 0 unspecified atom stereocenters. The Morgan fingerprint density at radius 1 is 1.10 bits per heavy atom. The van der Waals surface area contributed by atoms with Crippen molar-refractivity contribution >= 4 is 22.3 Å². The molecule has 1 aliphatic heterocycles. The molecule has 3 aromatic rings. The SMILES string of the molecule is CN1CCC(C)(COc2cc(CNc3cccc4c(N)nccc34)ccn2)CC1. The van der Waals surface area contributed by atoms with Crippen molar-refractivity contribution in [1.29, 1.82) is 0 Å². The van der Waals surface area contributed by atoms with E-state index in [4.69, 9.17) is 10.5 Å². The van der Waals surface area contributed by atoms with Crippen molar-refractivity contribution in [2.45, 2.75) is 26.3 Å². The van der Waals surface area contributed by atoms with Gasteiger partial charge in [0.1, 0.15) is 5.82 Å². The largest absolute Gasteiger partial charge is 0.477 e. The van der Waals surface area contributed by atoms with Crippen LogP contribution in [0.2, 0.25) is 0 Å². The van der Waals surface area contributed by atoms with Crippen LogP contribution in [-0.4, -0.2) is 41.6 Å². The number of fused-ring (bicyclic) bond motifs is 1. The number of nitrogen functional groups attached to an aromatic ring is 1. The van der Waals surface area contributed by atoms with Gasteiger partial charge in [-0.25, -0.2) is 9.97 Å². The number of aromatic nitrogens is 2. The summed E-state index contributed by atoms with van der Waals surface area (Å²) in [6.45, 7) is 5.96. The lowest BCUT2D eigenvalue weighted by molar-refractivity contribution is 0.0781. The van der Waals surface area contributed by atoms with E-state index >= 15 is 0 Å². The van der Waals surface area contributed by atoms with E-state index in [1.807, 2.05) is 36.5 Å². The van der Waals surface area contributed by atoms with Gasteiger partial charge >= 0.3 is 0 Å². The molecule has 6 nitrogen and oxygen atoms in total. The standard InChI is InChI=1S/C23H29N5O/c1-23(8-12-28(2)13-9-23)16-29-21-14-17(6-10-25-21)15-27-20-5-3-4-19-18(20)7-11-26-22(19)24/h3-7,10-11,14,27H,8-9,12-13,15-16H2,1-2H3,(H2,24,26). The molecule has 0 radical (unpaired) electrons. The number of nitrogens with zero attached hydrogens (tertiary/aromatic N) is 3. The van der Waals surface area contributed by atoms with Crippen molar-refractivity contribution in [3.63, 3.8) is 0 Å². The van der Waals surface area contributed by atoms with Crippen LogP contribution in [0.15, 0.2) is 48.8 Å². The molecule has 6 heteroatoms. The zero-order valence-corrected chi connectivity index (χ0v) is 17.2. The van der Waals surface area contributed by atoms with Crippen LogP contribution in [0, 0.1) is 5.41 Å². The maximum Gasteiger partial charge on any atom is 0.213 e. The van der Waals surface area contributed by atoms with Gasteiger partial charge in [0.05, 0.1) is 6.61 Å². The van der Waals surface area contributed by atoms with Crippen LogP contribution in [0.5, 0.6) is 5.88 Å². The van der Waals surface area contributed by atoms with E-state index in [2.05, 4.69) is 40.2 Å². The Kier molecular flexibility index (Phi) is 5.53. The molecule has 0 aliphatic carbocycles. The monoisotopic (exact) mass is 391 g/mol. The minimum absolute atomic E-state index is 0.222. The molecule has 3 heterocycles. The van der Waals surface area contributed by atoms with E-state index in [1.54, 1.807) is 6.20 Å². The first-order chi connectivity index (χ1) is 14.0. The minimum atomic E-state index is 0.222. The molecule has 1 saturated heterocycles. The molecule has 152 valence electrons. The summed E-state index contributed by atoms with van der Waals surface area (Å²) in [6.07, 6.45) is 5.87. The smallest absolute Gasteiger partial charge is 0.213 e. The van der Waals surface area contributed by atoms with Gasteiger partial charge in [-0.3, -0.25) is 0 Å². The van der Waals surface area contributed by atoms with E-state index in [0.717, 1.165) is 48.0 Å². The average Bonchev–Trinajstić information content (AvgIpc) is 2.74. The number of rotatable bonds is 6. The number of anilines is 2. The number of nitrogens with two attached hydrogens (primary N) is 1. The summed E-state index contributed by atoms with van der Waals surface area (Å²) in [4.78, 5) is 10.9. The molecule has 0 bridgehead atoms. The quantitative estimate of drug-likeness (QED) is 0.663. The van der Waals surface area contributed by atoms with Crippen molar-refractivity contribution in [3.05, 3.63) is 54.4 Å². The third-order valence-electron chi connectivity index (χ3n) is 5.88. The lowest BCUT2D eigenvalue weighted by Gasteiger charge is -2.37. The van der Waals surface area contributed by atoms with Gasteiger partial charge in [-0.05, 0) is 56.7 Å². The fraction of sp³-hybridized carbons (Fsp3) is 0.391. The van der Waals surface area contributed by atoms with Gasteiger partial charge in [0, 0.05) is 46.9 Å². The molecular weight excluding hydrogens is 362 g/mol. The molecule has 0 saturated carbocycles. The number of hydrogen-bond acceptors (Lipinski definition) is 6. The summed E-state index contributed by atoms with van der Waals surface area (Å²) < 4.78 is 6.08. The average molecular weight is 392 g/mol. The third kappa shape index (κ3) is 4.59. The van der Waals surface area contributed by atoms with Crippen LogP contribution in [0.25, 0.3) is 10.8 Å². The summed E-state index contributed by atoms with van der Waals surface area (Å²) in [6, 6.07) is 12.1. The number of nitrogens with one attached hydrogen (secondary N) is 1. The van der Waals surface area contributed by atoms with Crippen molar-refractivity contribution in [1.82, 2.24) is 14.9 Å². The lowest BCUT2D eigenvalue weighted by Crippen LogP contribution is -2.39. The molecule has 0 spiro atoms. The summed E-state index contributed by atoms with van der Waals surface area (Å²) in [5, 5.41) is 5.53. The van der Waals surface area contributed by atoms with Gasteiger partial charge in [0.25, 0.3) is 0 Å². The van der Waals surface area contributed by atoms with Crippen molar-refractivity contribution in [2.24, 2.45) is 5.41 Å². The van der Waals surface area contributed by atoms with Crippen LogP contribution in [0.3, 0.4) is 0 Å². The first kappa shape index (κ1) is 19.5. The predicted molar refractivity (Wildman–Crippen MR) is 118 cm³/mol. The number of hydrogen-bond donors (Lipinski definition) is 2. The highest BCUT2D eigenvalue weighted by molar-refractivity contribution is 5.99. The summed E-state index contributed by atoms with van der Waals surface area (Å²) in [5.41, 5.74) is 8.38. The number of pyridine rings is 2. The van der Waals surface area contributed by atoms with Crippen molar-refractivity contribution < 1.29 is 4.74 Å². The number of likely N-dealkylation sites (tertiary alicyclic amines) is 1. The van der Waals surface area contributed by atoms with Crippen LogP contribution in [0.1, 0.15) is 25.3 Å². The van der Waals surface area contributed by atoms with Gasteiger partial charge in [-0.2, -0.15) is 0 Å². The number of ether oxygens (including phenoxy) is 1. The number of piperidine rings is 1. The Hall–Kier alpha value is -2.86. The van der Waals surface area contributed by atoms with E-state index in [1.165, 1.54) is 0 Å². The molecular formula is C23H29N5O. The molecule has 3 N–H and O–H groups in total. The summed E-state index contributed by atoms with van der Waals surface area (Å²) in [7, 11) is 2.18. The fourth-order valence-electron chi connectivity index (χ4n) is 3.77. The van der Waals surface area contributed by atoms with E-state index < -0.39 is 0 Å². The highest BCUT2D eigenvalue weighted by Crippen LogP contribution is 2.31. The topological polar surface area (TPSA) is 76.3 Å². The molecule has 1 aliphatic rings. The fourth-order valence-corrected chi connectivity index (χ4v) is 3.77. The summed E-state index contributed by atoms with van der Waals surface area (Å²) >= 11 is 0.